The molecule has 0 spiro atoms. The summed E-state index contributed by atoms with van der Waals surface area (Å²) in [4.78, 5) is 3.28. The van der Waals surface area contributed by atoms with Crippen molar-refractivity contribution in [2.24, 2.45) is 0 Å². The molecular formula is C12H13FN2. The van der Waals surface area contributed by atoms with Crippen LogP contribution in [-0.2, 0) is 6.54 Å². The predicted octanol–water partition coefficient (Wildman–Crippen LogP) is 2.51. The molecule has 0 saturated heterocycles. The molecule has 2 nitrogen and oxygen atoms in total. The van der Waals surface area contributed by atoms with Crippen LogP contribution in [0.4, 0.5) is 4.39 Å². The standard InChI is InChI=1S/C12H13FN2/c1-7-5-14-6-11-12(7)9-3-2-8(13)4-10(9)15-11/h2-4,7,14-15H,5-6H2,1H3. The Kier molecular flexibility index (Phi) is 1.83. The summed E-state index contributed by atoms with van der Waals surface area (Å²) in [6.07, 6.45) is 0. The van der Waals surface area contributed by atoms with Crippen molar-refractivity contribution in [2.75, 3.05) is 6.54 Å². The molecule has 0 fully saturated rings. The van der Waals surface area contributed by atoms with Crippen LogP contribution in [0.2, 0.25) is 0 Å². The summed E-state index contributed by atoms with van der Waals surface area (Å²) in [6.45, 7) is 4.05. The molecular weight excluding hydrogens is 191 g/mol. The lowest BCUT2D eigenvalue weighted by Gasteiger charge is -2.20. The van der Waals surface area contributed by atoms with Crippen LogP contribution in [0.1, 0.15) is 24.1 Å². The Hall–Kier alpha value is -1.35. The van der Waals surface area contributed by atoms with E-state index < -0.39 is 0 Å². The summed E-state index contributed by atoms with van der Waals surface area (Å²) >= 11 is 0. The van der Waals surface area contributed by atoms with Gasteiger partial charge in [-0.2, -0.15) is 0 Å². The lowest BCUT2D eigenvalue weighted by molar-refractivity contribution is 0.568. The molecule has 78 valence electrons. The monoisotopic (exact) mass is 204 g/mol. The van der Waals surface area contributed by atoms with E-state index in [9.17, 15) is 4.39 Å². The summed E-state index contributed by atoms with van der Waals surface area (Å²) in [5.41, 5.74) is 3.47. The normalized spacial score (nSPS) is 20.5. The van der Waals surface area contributed by atoms with Crippen LogP contribution >= 0.6 is 0 Å². The second-order valence-corrected chi connectivity index (χ2v) is 4.24. The molecule has 3 rings (SSSR count). The highest BCUT2D eigenvalue weighted by molar-refractivity contribution is 5.85. The van der Waals surface area contributed by atoms with Gasteiger partial charge in [0.15, 0.2) is 0 Å². The zero-order chi connectivity index (χ0) is 10.4. The van der Waals surface area contributed by atoms with E-state index in [4.69, 9.17) is 0 Å². The van der Waals surface area contributed by atoms with Gasteiger partial charge in [-0.1, -0.05) is 6.92 Å². The van der Waals surface area contributed by atoms with Crippen LogP contribution < -0.4 is 5.32 Å². The highest BCUT2D eigenvalue weighted by atomic mass is 19.1. The van der Waals surface area contributed by atoms with Crippen LogP contribution in [0.5, 0.6) is 0 Å². The van der Waals surface area contributed by atoms with E-state index >= 15 is 0 Å². The fraction of sp³-hybridized carbons (Fsp3) is 0.333. The van der Waals surface area contributed by atoms with Crippen molar-refractivity contribution in [3.63, 3.8) is 0 Å². The molecule has 3 heteroatoms. The second kappa shape index (κ2) is 3.07. The second-order valence-electron chi connectivity index (χ2n) is 4.24. The molecule has 0 amide bonds. The summed E-state index contributed by atoms with van der Waals surface area (Å²) in [5, 5.41) is 4.51. The van der Waals surface area contributed by atoms with E-state index in [1.165, 1.54) is 22.7 Å². The van der Waals surface area contributed by atoms with Gasteiger partial charge in [0.25, 0.3) is 0 Å². The van der Waals surface area contributed by atoms with Gasteiger partial charge in [-0.15, -0.1) is 0 Å². The first-order valence-electron chi connectivity index (χ1n) is 5.26. The number of H-pyrrole nitrogens is 1. The van der Waals surface area contributed by atoms with Crippen LogP contribution in [-0.4, -0.2) is 11.5 Å². The quantitative estimate of drug-likeness (QED) is 0.678. The Bertz CT molecular complexity index is 516. The van der Waals surface area contributed by atoms with Crippen LogP contribution in [0.25, 0.3) is 10.9 Å². The first-order valence-corrected chi connectivity index (χ1v) is 5.26. The van der Waals surface area contributed by atoms with Gasteiger partial charge in [0.2, 0.25) is 0 Å². The Morgan fingerprint density at radius 1 is 1.40 bits per heavy atom. The molecule has 0 saturated carbocycles. The van der Waals surface area contributed by atoms with Gasteiger partial charge in [-0.25, -0.2) is 4.39 Å². The van der Waals surface area contributed by atoms with Crippen molar-refractivity contribution >= 4 is 10.9 Å². The molecule has 1 aliphatic heterocycles. The van der Waals surface area contributed by atoms with Crippen molar-refractivity contribution in [3.8, 4) is 0 Å². The molecule has 1 aromatic heterocycles. The van der Waals surface area contributed by atoms with Crippen molar-refractivity contribution in [1.82, 2.24) is 10.3 Å². The fourth-order valence-electron chi connectivity index (χ4n) is 2.47. The smallest absolute Gasteiger partial charge is 0.125 e. The number of rotatable bonds is 0. The van der Waals surface area contributed by atoms with E-state index in [-0.39, 0.29) is 5.82 Å². The number of hydrogen-bond acceptors (Lipinski definition) is 1. The van der Waals surface area contributed by atoms with Crippen molar-refractivity contribution in [2.45, 2.75) is 19.4 Å². The van der Waals surface area contributed by atoms with Crippen LogP contribution in [0, 0.1) is 5.82 Å². The van der Waals surface area contributed by atoms with Gasteiger partial charge in [0.1, 0.15) is 5.82 Å². The largest absolute Gasteiger partial charge is 0.357 e. The Labute approximate surface area is 87.5 Å². The minimum absolute atomic E-state index is 0.179. The van der Waals surface area contributed by atoms with E-state index in [0.29, 0.717) is 5.92 Å². The number of halogens is 1. The Morgan fingerprint density at radius 3 is 3.13 bits per heavy atom. The van der Waals surface area contributed by atoms with Gasteiger partial charge in [-0.05, 0) is 29.7 Å². The summed E-state index contributed by atoms with van der Waals surface area (Å²) < 4.78 is 13.1. The predicted molar refractivity (Wildman–Crippen MR) is 58.4 cm³/mol. The zero-order valence-electron chi connectivity index (χ0n) is 8.60. The van der Waals surface area contributed by atoms with Gasteiger partial charge in [0.05, 0.1) is 0 Å². The third-order valence-corrected chi connectivity index (χ3v) is 3.13. The maximum Gasteiger partial charge on any atom is 0.125 e. The maximum atomic E-state index is 13.1. The summed E-state index contributed by atoms with van der Waals surface area (Å²) in [5.74, 6) is 0.315. The van der Waals surface area contributed by atoms with Gasteiger partial charge >= 0.3 is 0 Å². The minimum Gasteiger partial charge on any atom is -0.357 e. The molecule has 2 N–H and O–H groups in total. The van der Waals surface area contributed by atoms with Gasteiger partial charge in [-0.3, -0.25) is 0 Å². The average Bonchev–Trinajstić information content (AvgIpc) is 2.56. The topological polar surface area (TPSA) is 27.8 Å². The molecule has 1 unspecified atom stereocenters. The van der Waals surface area contributed by atoms with Crippen molar-refractivity contribution < 1.29 is 4.39 Å². The van der Waals surface area contributed by atoms with E-state index in [1.807, 2.05) is 6.07 Å². The number of nitrogens with one attached hydrogen (secondary N) is 2. The highest BCUT2D eigenvalue weighted by Crippen LogP contribution is 2.31. The lowest BCUT2D eigenvalue weighted by atomic mass is 9.95. The molecule has 1 atom stereocenters. The molecule has 0 radical (unpaired) electrons. The summed E-state index contributed by atoms with van der Waals surface area (Å²) in [6, 6.07) is 4.98. The average molecular weight is 204 g/mol. The van der Waals surface area contributed by atoms with Crippen molar-refractivity contribution in [3.05, 3.63) is 35.3 Å². The maximum absolute atomic E-state index is 13.1. The van der Waals surface area contributed by atoms with Gasteiger partial charge in [0, 0.05) is 29.7 Å². The molecule has 0 aliphatic carbocycles. The molecule has 1 aliphatic rings. The lowest BCUT2D eigenvalue weighted by Crippen LogP contribution is -2.26. The summed E-state index contributed by atoms with van der Waals surface area (Å²) in [7, 11) is 0. The Balaban J connectivity index is 2.32. The van der Waals surface area contributed by atoms with E-state index in [1.54, 1.807) is 6.07 Å². The number of aromatic nitrogens is 1. The molecule has 0 bridgehead atoms. The van der Waals surface area contributed by atoms with Crippen LogP contribution in [0.15, 0.2) is 18.2 Å². The molecule has 2 aromatic rings. The molecule has 15 heavy (non-hydrogen) atoms. The van der Waals surface area contributed by atoms with Gasteiger partial charge < -0.3 is 10.3 Å². The number of hydrogen-bond donors (Lipinski definition) is 2. The number of fused-ring (bicyclic) bond motifs is 3. The number of benzene rings is 1. The third-order valence-electron chi connectivity index (χ3n) is 3.13. The highest BCUT2D eigenvalue weighted by Gasteiger charge is 2.20. The van der Waals surface area contributed by atoms with Crippen molar-refractivity contribution in [1.29, 1.82) is 0 Å². The minimum atomic E-state index is -0.179. The Morgan fingerprint density at radius 2 is 2.27 bits per heavy atom. The third kappa shape index (κ3) is 1.27. The molecule has 1 aromatic carbocycles. The number of aromatic amines is 1. The SMILES string of the molecule is CC1CNCc2[nH]c3cc(F)ccc3c21. The van der Waals surface area contributed by atoms with E-state index in [2.05, 4.69) is 17.2 Å². The van der Waals surface area contributed by atoms with E-state index in [0.717, 1.165) is 18.6 Å². The first kappa shape index (κ1) is 8.92. The first-order chi connectivity index (χ1) is 7.25. The zero-order valence-corrected chi connectivity index (χ0v) is 8.60. The fourth-order valence-corrected chi connectivity index (χ4v) is 2.47. The van der Waals surface area contributed by atoms with Crippen LogP contribution in [0.3, 0.4) is 0 Å². The molecule has 2 heterocycles.